The third-order valence-corrected chi connectivity index (χ3v) is 1.62. The van der Waals surface area contributed by atoms with Gasteiger partial charge in [-0.15, -0.1) is 0 Å². The van der Waals surface area contributed by atoms with E-state index in [2.05, 4.69) is 45.1 Å². The molecular weight excluding hydrogens is 132 g/mol. The summed E-state index contributed by atoms with van der Waals surface area (Å²) in [7, 11) is 0. The van der Waals surface area contributed by atoms with Crippen LogP contribution in [0.2, 0.25) is 0 Å². The number of hydrogen-bond acceptors (Lipinski definition) is 0. The lowest BCUT2D eigenvalue weighted by molar-refractivity contribution is 1.10. The first-order valence-corrected chi connectivity index (χ1v) is 4.17. The third-order valence-electron chi connectivity index (χ3n) is 1.62. The quantitative estimate of drug-likeness (QED) is 0.536. The van der Waals surface area contributed by atoms with Crippen molar-refractivity contribution < 1.29 is 0 Å². The van der Waals surface area contributed by atoms with E-state index in [0.717, 1.165) is 6.42 Å². The lowest BCUT2D eigenvalue weighted by atomic mass is 10.2. The van der Waals surface area contributed by atoms with Crippen LogP contribution in [0.15, 0.2) is 35.5 Å². The van der Waals surface area contributed by atoms with E-state index in [1.807, 2.05) is 6.92 Å². The smallest absolute Gasteiger partial charge is 0.0349 e. The molecule has 0 atom stereocenters. The van der Waals surface area contributed by atoms with E-state index in [0.29, 0.717) is 0 Å². The second-order valence-electron chi connectivity index (χ2n) is 2.78. The fraction of sp³-hybridized carbons (Fsp3) is 0.455. The summed E-state index contributed by atoms with van der Waals surface area (Å²) in [5, 5.41) is 0. The molecule has 0 spiro atoms. The van der Waals surface area contributed by atoms with Crippen molar-refractivity contribution in [2.45, 2.75) is 34.1 Å². The zero-order valence-electron chi connectivity index (χ0n) is 8.02. The van der Waals surface area contributed by atoms with Crippen molar-refractivity contribution in [1.29, 1.82) is 0 Å². The van der Waals surface area contributed by atoms with Crippen LogP contribution < -0.4 is 0 Å². The summed E-state index contributed by atoms with van der Waals surface area (Å²) in [5.74, 6) is 0. The van der Waals surface area contributed by atoms with Crippen LogP contribution in [0, 0.1) is 0 Å². The summed E-state index contributed by atoms with van der Waals surface area (Å²) in [6.45, 7) is 8.47. The SMILES string of the molecule is C/C=C/C(C)=C/C=C(\C)CC. The maximum atomic E-state index is 2.18. The molecule has 0 N–H and O–H groups in total. The van der Waals surface area contributed by atoms with Crippen LogP contribution in [0.1, 0.15) is 34.1 Å². The molecule has 0 saturated carbocycles. The van der Waals surface area contributed by atoms with Crippen LogP contribution >= 0.6 is 0 Å². The summed E-state index contributed by atoms with van der Waals surface area (Å²) in [6, 6.07) is 0. The first-order valence-electron chi connectivity index (χ1n) is 4.17. The average molecular weight is 150 g/mol. The van der Waals surface area contributed by atoms with Gasteiger partial charge in [-0.3, -0.25) is 0 Å². The molecule has 0 saturated heterocycles. The molecule has 0 unspecified atom stereocenters. The largest absolute Gasteiger partial charge is 0.0874 e. The van der Waals surface area contributed by atoms with Crippen molar-refractivity contribution in [3.8, 4) is 0 Å². The van der Waals surface area contributed by atoms with E-state index in [9.17, 15) is 0 Å². The van der Waals surface area contributed by atoms with Crippen LogP contribution in [0.5, 0.6) is 0 Å². The van der Waals surface area contributed by atoms with E-state index in [-0.39, 0.29) is 0 Å². The molecule has 0 aliphatic heterocycles. The number of hydrogen-bond donors (Lipinski definition) is 0. The first kappa shape index (κ1) is 10.2. The fourth-order valence-corrected chi connectivity index (χ4v) is 0.710. The summed E-state index contributed by atoms with van der Waals surface area (Å²) < 4.78 is 0. The molecule has 0 aromatic carbocycles. The minimum absolute atomic E-state index is 1.14. The van der Waals surface area contributed by atoms with Gasteiger partial charge in [0.2, 0.25) is 0 Å². The van der Waals surface area contributed by atoms with Gasteiger partial charge >= 0.3 is 0 Å². The molecule has 62 valence electrons. The Labute approximate surface area is 70.3 Å². The van der Waals surface area contributed by atoms with Gasteiger partial charge in [0.25, 0.3) is 0 Å². The molecular formula is C11H18. The van der Waals surface area contributed by atoms with Gasteiger partial charge in [0.05, 0.1) is 0 Å². The van der Waals surface area contributed by atoms with Gasteiger partial charge in [0.1, 0.15) is 0 Å². The highest BCUT2D eigenvalue weighted by atomic mass is 13.9. The molecule has 0 nitrogen and oxygen atoms in total. The van der Waals surface area contributed by atoms with Gasteiger partial charge in [-0.05, 0) is 27.2 Å². The van der Waals surface area contributed by atoms with E-state index >= 15 is 0 Å². The van der Waals surface area contributed by atoms with Crippen LogP contribution in [0.25, 0.3) is 0 Å². The van der Waals surface area contributed by atoms with Crippen LogP contribution in [0.3, 0.4) is 0 Å². The van der Waals surface area contributed by atoms with Crippen molar-refractivity contribution >= 4 is 0 Å². The first-order chi connectivity index (χ1) is 5.20. The number of rotatable bonds is 3. The topological polar surface area (TPSA) is 0 Å². The molecule has 0 bridgehead atoms. The highest BCUT2D eigenvalue weighted by Gasteiger charge is 1.80. The molecule has 0 rings (SSSR count). The van der Waals surface area contributed by atoms with Crippen molar-refractivity contribution in [2.75, 3.05) is 0 Å². The zero-order valence-corrected chi connectivity index (χ0v) is 8.02. The Kier molecular flexibility index (Phi) is 5.54. The zero-order chi connectivity index (χ0) is 8.69. The Morgan fingerprint density at radius 3 is 2.27 bits per heavy atom. The van der Waals surface area contributed by atoms with Gasteiger partial charge in [-0.1, -0.05) is 42.4 Å². The van der Waals surface area contributed by atoms with Gasteiger partial charge in [0.15, 0.2) is 0 Å². The Bertz CT molecular complexity index is 180. The molecule has 0 aliphatic rings. The van der Waals surface area contributed by atoms with Crippen molar-refractivity contribution in [1.82, 2.24) is 0 Å². The van der Waals surface area contributed by atoms with Crippen molar-refractivity contribution in [2.24, 2.45) is 0 Å². The second-order valence-corrected chi connectivity index (χ2v) is 2.78. The lowest BCUT2D eigenvalue weighted by Gasteiger charge is -1.91. The minimum Gasteiger partial charge on any atom is -0.0874 e. The second kappa shape index (κ2) is 5.96. The third kappa shape index (κ3) is 5.65. The summed E-state index contributed by atoms with van der Waals surface area (Å²) in [5.41, 5.74) is 2.73. The van der Waals surface area contributed by atoms with Gasteiger partial charge in [0, 0.05) is 0 Å². The summed E-state index contributed by atoms with van der Waals surface area (Å²) in [6.07, 6.45) is 9.63. The normalized spacial score (nSPS) is 14.5. The predicted molar refractivity (Wildman–Crippen MR) is 52.6 cm³/mol. The highest BCUT2D eigenvalue weighted by Crippen LogP contribution is 2.01. The molecule has 0 heteroatoms. The summed E-state index contributed by atoms with van der Waals surface area (Å²) >= 11 is 0. The molecule has 0 aromatic heterocycles. The van der Waals surface area contributed by atoms with E-state index < -0.39 is 0 Å². The fourth-order valence-electron chi connectivity index (χ4n) is 0.710. The molecule has 11 heavy (non-hydrogen) atoms. The van der Waals surface area contributed by atoms with E-state index in [1.165, 1.54) is 11.1 Å². The van der Waals surface area contributed by atoms with Crippen molar-refractivity contribution in [3.05, 3.63) is 35.5 Å². The van der Waals surface area contributed by atoms with Gasteiger partial charge in [-0.25, -0.2) is 0 Å². The lowest BCUT2D eigenvalue weighted by Crippen LogP contribution is -1.70. The van der Waals surface area contributed by atoms with Gasteiger partial charge in [-0.2, -0.15) is 0 Å². The highest BCUT2D eigenvalue weighted by molar-refractivity contribution is 5.23. The Hall–Kier alpha value is -0.780. The Morgan fingerprint density at radius 1 is 1.18 bits per heavy atom. The maximum absolute atomic E-state index is 2.18. The molecule has 0 radical (unpaired) electrons. The molecule has 0 aliphatic carbocycles. The Balaban J connectivity index is 4.10. The van der Waals surface area contributed by atoms with E-state index in [4.69, 9.17) is 0 Å². The predicted octanol–water partition coefficient (Wildman–Crippen LogP) is 3.87. The number of allylic oxidation sites excluding steroid dienone is 6. The molecule has 0 fully saturated rings. The monoisotopic (exact) mass is 150 g/mol. The average Bonchev–Trinajstić information content (AvgIpc) is 2.01. The molecule has 0 heterocycles. The Morgan fingerprint density at radius 2 is 1.82 bits per heavy atom. The standard InChI is InChI=1S/C11H18/c1-5-7-11(4)9-8-10(3)6-2/h5,7-9H,6H2,1-4H3/b7-5+,10-8+,11-9+. The minimum atomic E-state index is 1.14. The van der Waals surface area contributed by atoms with Crippen LogP contribution in [-0.2, 0) is 0 Å². The van der Waals surface area contributed by atoms with Crippen LogP contribution in [0.4, 0.5) is 0 Å². The summed E-state index contributed by atoms with van der Waals surface area (Å²) in [4.78, 5) is 0. The molecule has 0 aromatic rings. The maximum Gasteiger partial charge on any atom is -0.0349 e. The van der Waals surface area contributed by atoms with E-state index in [1.54, 1.807) is 0 Å². The van der Waals surface area contributed by atoms with Crippen molar-refractivity contribution in [3.63, 3.8) is 0 Å². The molecule has 0 amide bonds. The van der Waals surface area contributed by atoms with Gasteiger partial charge < -0.3 is 0 Å². The van der Waals surface area contributed by atoms with Crippen LogP contribution in [-0.4, -0.2) is 0 Å².